The zero-order valence-corrected chi connectivity index (χ0v) is 11.5. The molecule has 104 valence electrons. The Balaban J connectivity index is 2.31. The fraction of sp³-hybridized carbons (Fsp3) is 0.846. The van der Waals surface area contributed by atoms with Crippen molar-refractivity contribution >= 4 is 12.0 Å². The number of carbonyl (C=O) groups excluding carboxylic acids is 1. The molecule has 5 nitrogen and oxygen atoms in total. The lowest BCUT2D eigenvalue weighted by atomic mass is 9.83. The van der Waals surface area contributed by atoms with E-state index in [1.54, 1.807) is 0 Å². The van der Waals surface area contributed by atoms with Gasteiger partial charge in [0, 0.05) is 25.6 Å². The lowest BCUT2D eigenvalue weighted by Crippen LogP contribution is -2.48. The monoisotopic (exact) mass is 256 g/mol. The number of likely N-dealkylation sites (tertiary alicyclic amines) is 1. The number of aliphatic carboxylic acids is 1. The zero-order valence-electron chi connectivity index (χ0n) is 11.5. The van der Waals surface area contributed by atoms with Gasteiger partial charge in [0.2, 0.25) is 0 Å². The van der Waals surface area contributed by atoms with Crippen LogP contribution in [0.3, 0.4) is 0 Å². The topological polar surface area (TPSA) is 69.6 Å². The van der Waals surface area contributed by atoms with Crippen LogP contribution in [-0.2, 0) is 4.79 Å². The molecule has 0 aromatic rings. The molecule has 0 aromatic heterocycles. The first kappa shape index (κ1) is 14.8. The zero-order chi connectivity index (χ0) is 13.8. The number of rotatable bonds is 4. The molecule has 18 heavy (non-hydrogen) atoms. The molecule has 1 rings (SSSR count). The van der Waals surface area contributed by atoms with Crippen molar-refractivity contribution in [3.8, 4) is 0 Å². The van der Waals surface area contributed by atoms with Gasteiger partial charge < -0.3 is 15.3 Å². The third kappa shape index (κ3) is 4.94. The summed E-state index contributed by atoms with van der Waals surface area (Å²) in [7, 11) is 0. The maximum absolute atomic E-state index is 11.9. The van der Waals surface area contributed by atoms with E-state index in [-0.39, 0.29) is 18.5 Å². The molecule has 1 fully saturated rings. The average molecular weight is 256 g/mol. The summed E-state index contributed by atoms with van der Waals surface area (Å²) in [5, 5.41) is 11.4. The summed E-state index contributed by atoms with van der Waals surface area (Å²) in [4.78, 5) is 24.2. The third-order valence-corrected chi connectivity index (χ3v) is 3.57. The van der Waals surface area contributed by atoms with Gasteiger partial charge in [-0.25, -0.2) is 4.79 Å². The number of hydrogen-bond acceptors (Lipinski definition) is 2. The van der Waals surface area contributed by atoms with Crippen LogP contribution >= 0.6 is 0 Å². The number of carbonyl (C=O) groups is 2. The normalized spacial score (nSPS) is 20.3. The number of nitrogens with one attached hydrogen (secondary N) is 1. The fourth-order valence-corrected chi connectivity index (χ4v) is 2.03. The first-order chi connectivity index (χ1) is 8.30. The second kappa shape index (κ2) is 6.07. The van der Waals surface area contributed by atoms with Crippen LogP contribution in [0.5, 0.6) is 0 Å². The predicted octanol–water partition coefficient (Wildman–Crippen LogP) is 2.07. The molecule has 0 saturated carbocycles. The summed E-state index contributed by atoms with van der Waals surface area (Å²) in [6.45, 7) is 7.85. The highest BCUT2D eigenvalue weighted by atomic mass is 16.4. The maximum Gasteiger partial charge on any atom is 0.317 e. The molecule has 1 unspecified atom stereocenters. The minimum Gasteiger partial charge on any atom is -0.481 e. The molecule has 1 aliphatic rings. The summed E-state index contributed by atoms with van der Waals surface area (Å²) in [6.07, 6.45) is 2.60. The van der Waals surface area contributed by atoms with E-state index in [0.29, 0.717) is 11.8 Å². The second-order valence-corrected chi connectivity index (χ2v) is 5.93. The highest BCUT2D eigenvalue weighted by molar-refractivity contribution is 5.74. The molecule has 2 amide bonds. The van der Waals surface area contributed by atoms with Crippen LogP contribution in [0.15, 0.2) is 0 Å². The van der Waals surface area contributed by atoms with Gasteiger partial charge >= 0.3 is 12.0 Å². The molecule has 0 aliphatic carbocycles. The van der Waals surface area contributed by atoms with Crippen molar-refractivity contribution in [2.75, 3.05) is 13.1 Å². The number of hydrogen-bond donors (Lipinski definition) is 2. The van der Waals surface area contributed by atoms with Crippen LogP contribution < -0.4 is 5.32 Å². The molecule has 0 spiro atoms. The number of amides is 2. The Morgan fingerprint density at radius 3 is 2.39 bits per heavy atom. The van der Waals surface area contributed by atoms with Crippen LogP contribution in [0.2, 0.25) is 0 Å². The van der Waals surface area contributed by atoms with E-state index in [4.69, 9.17) is 5.11 Å². The minimum atomic E-state index is -0.823. The Bertz CT molecular complexity index is 305. The van der Waals surface area contributed by atoms with E-state index in [9.17, 15) is 9.59 Å². The summed E-state index contributed by atoms with van der Waals surface area (Å²) in [5.41, 5.74) is 0.325. The highest BCUT2D eigenvalue weighted by Gasteiger charge is 2.28. The van der Waals surface area contributed by atoms with Crippen molar-refractivity contribution in [3.05, 3.63) is 0 Å². The predicted molar refractivity (Wildman–Crippen MR) is 69.5 cm³/mol. The van der Waals surface area contributed by atoms with E-state index < -0.39 is 5.97 Å². The molecule has 5 heteroatoms. The molecule has 1 atom stereocenters. The summed E-state index contributed by atoms with van der Waals surface area (Å²) < 4.78 is 0. The van der Waals surface area contributed by atoms with Crippen LogP contribution in [0.25, 0.3) is 0 Å². The summed E-state index contributed by atoms with van der Waals surface area (Å²) in [5.74, 6) is -0.823. The smallest absolute Gasteiger partial charge is 0.317 e. The summed E-state index contributed by atoms with van der Waals surface area (Å²) >= 11 is 0. The second-order valence-electron chi connectivity index (χ2n) is 5.93. The number of carboxylic acid groups (broad SMARTS) is 1. The van der Waals surface area contributed by atoms with Crippen molar-refractivity contribution in [2.24, 2.45) is 5.41 Å². The fourth-order valence-electron chi connectivity index (χ4n) is 2.03. The van der Waals surface area contributed by atoms with Gasteiger partial charge in [-0.1, -0.05) is 13.8 Å². The van der Waals surface area contributed by atoms with Gasteiger partial charge in [-0.05, 0) is 31.6 Å². The van der Waals surface area contributed by atoms with Gasteiger partial charge in [0.25, 0.3) is 0 Å². The van der Waals surface area contributed by atoms with Gasteiger partial charge in [0.1, 0.15) is 0 Å². The Kier molecular flexibility index (Phi) is 4.99. The first-order valence-electron chi connectivity index (χ1n) is 6.57. The molecular formula is C13H24N2O3. The van der Waals surface area contributed by atoms with Gasteiger partial charge in [0.15, 0.2) is 0 Å². The van der Waals surface area contributed by atoms with E-state index in [0.717, 1.165) is 25.9 Å². The maximum atomic E-state index is 11.9. The lowest BCUT2D eigenvalue weighted by molar-refractivity contribution is -0.137. The lowest BCUT2D eigenvalue weighted by Gasteiger charge is -2.37. The first-order valence-corrected chi connectivity index (χ1v) is 6.57. The molecule has 0 aromatic carbocycles. The Labute approximate surface area is 109 Å². The highest BCUT2D eigenvalue weighted by Crippen LogP contribution is 2.29. The van der Waals surface area contributed by atoms with Crippen molar-refractivity contribution in [1.29, 1.82) is 0 Å². The number of urea groups is 1. The van der Waals surface area contributed by atoms with Crippen molar-refractivity contribution in [1.82, 2.24) is 10.2 Å². The SMILES string of the molecule is CC(CCC(=O)O)NC(=O)N1CCC(C)(C)CC1. The number of piperidine rings is 1. The molecule has 0 bridgehead atoms. The Morgan fingerprint density at radius 2 is 1.89 bits per heavy atom. The molecule has 1 saturated heterocycles. The van der Waals surface area contributed by atoms with E-state index >= 15 is 0 Å². The third-order valence-electron chi connectivity index (χ3n) is 3.57. The molecule has 1 heterocycles. The molecule has 1 aliphatic heterocycles. The largest absolute Gasteiger partial charge is 0.481 e. The van der Waals surface area contributed by atoms with Crippen LogP contribution in [-0.4, -0.2) is 41.1 Å². The van der Waals surface area contributed by atoms with Gasteiger partial charge in [-0.2, -0.15) is 0 Å². The molecular weight excluding hydrogens is 232 g/mol. The van der Waals surface area contributed by atoms with E-state index in [1.165, 1.54) is 0 Å². The van der Waals surface area contributed by atoms with Crippen molar-refractivity contribution in [3.63, 3.8) is 0 Å². The molecule has 0 radical (unpaired) electrons. The Morgan fingerprint density at radius 1 is 1.33 bits per heavy atom. The van der Waals surface area contributed by atoms with Crippen molar-refractivity contribution < 1.29 is 14.7 Å². The summed E-state index contributed by atoms with van der Waals surface area (Å²) in [6, 6.07) is -0.160. The van der Waals surface area contributed by atoms with Gasteiger partial charge in [-0.15, -0.1) is 0 Å². The number of nitrogens with zero attached hydrogens (tertiary/aromatic N) is 1. The van der Waals surface area contributed by atoms with Gasteiger partial charge in [0.05, 0.1) is 0 Å². The van der Waals surface area contributed by atoms with Gasteiger partial charge in [-0.3, -0.25) is 4.79 Å². The van der Waals surface area contributed by atoms with Crippen LogP contribution in [0, 0.1) is 5.41 Å². The van der Waals surface area contributed by atoms with E-state index in [1.807, 2.05) is 11.8 Å². The minimum absolute atomic E-state index is 0.0663. The number of carboxylic acids is 1. The molecule has 2 N–H and O–H groups in total. The standard InChI is InChI=1S/C13H24N2O3/c1-10(4-5-11(16)17)14-12(18)15-8-6-13(2,3)7-9-15/h10H,4-9H2,1-3H3,(H,14,18)(H,16,17). The average Bonchev–Trinajstić information content (AvgIpc) is 2.26. The Hall–Kier alpha value is -1.26. The van der Waals surface area contributed by atoms with Crippen molar-refractivity contribution in [2.45, 2.75) is 52.5 Å². The van der Waals surface area contributed by atoms with Crippen LogP contribution in [0.1, 0.15) is 46.5 Å². The van der Waals surface area contributed by atoms with E-state index in [2.05, 4.69) is 19.2 Å². The van der Waals surface area contributed by atoms with Crippen LogP contribution in [0.4, 0.5) is 4.79 Å². The quantitative estimate of drug-likeness (QED) is 0.809.